The number of ketones is 2. The minimum absolute atomic E-state index is 0.0991. The van der Waals surface area contributed by atoms with E-state index in [1.54, 1.807) is 0 Å². The molecule has 0 rings (SSSR count). The minimum Gasteiger partial charge on any atom is -0.298 e. The third-order valence-electron chi connectivity index (χ3n) is 2.60. The summed E-state index contributed by atoms with van der Waals surface area (Å²) in [5.41, 5.74) is 0. The summed E-state index contributed by atoms with van der Waals surface area (Å²) in [6, 6.07) is 0. The Hall–Kier alpha value is -1.06. The molecule has 0 aliphatic carbocycles. The highest BCUT2D eigenvalue weighted by molar-refractivity contribution is 5.81. The number of Topliss-reactive ketones (excluding diaryl/α,β-unsaturated/α-hetero) is 2. The normalized spacial score (nSPS) is 11.7. The standard InChI is InChI=1S/C14H26N2O2/c1-11(2)5-7-13(17)9-15-16-10-14(18)8-6-12(3)4/h11-12H,5-10H2,1-4H3. The van der Waals surface area contributed by atoms with E-state index in [1.807, 2.05) is 0 Å². The van der Waals surface area contributed by atoms with E-state index in [9.17, 15) is 9.59 Å². The second-order valence-electron chi connectivity index (χ2n) is 5.54. The molecule has 0 N–H and O–H groups in total. The number of nitrogens with zero attached hydrogens (tertiary/aromatic N) is 2. The average molecular weight is 254 g/mol. The predicted octanol–water partition coefficient (Wildman–Crippen LogP) is 3.45. The number of carbonyl (C=O) groups is 2. The van der Waals surface area contributed by atoms with Gasteiger partial charge in [-0.15, -0.1) is 0 Å². The predicted molar refractivity (Wildman–Crippen MR) is 72.7 cm³/mol. The molecule has 18 heavy (non-hydrogen) atoms. The van der Waals surface area contributed by atoms with Gasteiger partial charge in [0, 0.05) is 12.8 Å². The van der Waals surface area contributed by atoms with Crippen molar-refractivity contribution in [3.05, 3.63) is 0 Å². The van der Waals surface area contributed by atoms with Crippen LogP contribution in [-0.2, 0) is 9.59 Å². The first-order valence-corrected chi connectivity index (χ1v) is 6.78. The van der Waals surface area contributed by atoms with Gasteiger partial charge in [0.1, 0.15) is 13.1 Å². The maximum absolute atomic E-state index is 11.4. The van der Waals surface area contributed by atoms with Crippen LogP contribution in [0.3, 0.4) is 0 Å². The monoisotopic (exact) mass is 254 g/mol. The molecule has 0 atom stereocenters. The van der Waals surface area contributed by atoms with Crippen LogP contribution in [0.4, 0.5) is 0 Å². The van der Waals surface area contributed by atoms with Crippen LogP contribution < -0.4 is 0 Å². The molecule has 4 heteroatoms. The molecule has 0 saturated carbocycles. The van der Waals surface area contributed by atoms with Gasteiger partial charge in [-0.25, -0.2) is 0 Å². The van der Waals surface area contributed by atoms with Gasteiger partial charge in [0.15, 0.2) is 11.6 Å². The van der Waals surface area contributed by atoms with Crippen molar-refractivity contribution >= 4 is 11.6 Å². The first-order chi connectivity index (χ1) is 8.41. The second kappa shape index (κ2) is 9.92. The maximum atomic E-state index is 11.4. The van der Waals surface area contributed by atoms with Crippen molar-refractivity contribution in [3.8, 4) is 0 Å². The summed E-state index contributed by atoms with van der Waals surface area (Å²) in [6.07, 6.45) is 2.89. The van der Waals surface area contributed by atoms with Gasteiger partial charge in [-0.05, 0) is 24.7 Å². The van der Waals surface area contributed by atoms with Crippen LogP contribution in [0.5, 0.6) is 0 Å². The fraction of sp³-hybridized carbons (Fsp3) is 0.857. The molecule has 104 valence electrons. The summed E-state index contributed by atoms with van der Waals surface area (Å²) < 4.78 is 0. The lowest BCUT2D eigenvalue weighted by Gasteiger charge is -2.01. The molecule has 0 radical (unpaired) electrons. The Morgan fingerprint density at radius 3 is 1.39 bits per heavy atom. The summed E-state index contributed by atoms with van der Waals surface area (Å²) in [5.74, 6) is 1.26. The second-order valence-corrected chi connectivity index (χ2v) is 5.54. The van der Waals surface area contributed by atoms with Gasteiger partial charge in [0.25, 0.3) is 0 Å². The Balaban J connectivity index is 3.64. The van der Waals surface area contributed by atoms with Crippen molar-refractivity contribution in [1.82, 2.24) is 0 Å². The zero-order chi connectivity index (χ0) is 14.0. The zero-order valence-corrected chi connectivity index (χ0v) is 12.1. The molecule has 0 aliphatic rings. The third kappa shape index (κ3) is 11.4. The van der Waals surface area contributed by atoms with E-state index >= 15 is 0 Å². The van der Waals surface area contributed by atoms with E-state index in [0.29, 0.717) is 24.7 Å². The topological polar surface area (TPSA) is 58.9 Å². The lowest BCUT2D eigenvalue weighted by molar-refractivity contribution is -0.119. The zero-order valence-electron chi connectivity index (χ0n) is 12.1. The van der Waals surface area contributed by atoms with Gasteiger partial charge in [-0.2, -0.15) is 10.2 Å². The maximum Gasteiger partial charge on any atom is 0.156 e. The van der Waals surface area contributed by atoms with Crippen molar-refractivity contribution in [1.29, 1.82) is 0 Å². The van der Waals surface area contributed by atoms with Crippen molar-refractivity contribution < 1.29 is 9.59 Å². The molecule has 0 spiro atoms. The van der Waals surface area contributed by atoms with Gasteiger partial charge in [0.2, 0.25) is 0 Å². The van der Waals surface area contributed by atoms with Crippen LogP contribution in [-0.4, -0.2) is 24.7 Å². The van der Waals surface area contributed by atoms with Crippen molar-refractivity contribution in [2.24, 2.45) is 22.1 Å². The van der Waals surface area contributed by atoms with E-state index in [-0.39, 0.29) is 24.7 Å². The number of hydrogen-bond donors (Lipinski definition) is 0. The molecule has 0 fully saturated rings. The smallest absolute Gasteiger partial charge is 0.156 e. The highest BCUT2D eigenvalue weighted by Gasteiger charge is 2.04. The highest BCUT2D eigenvalue weighted by Crippen LogP contribution is 2.05. The van der Waals surface area contributed by atoms with Gasteiger partial charge in [-0.1, -0.05) is 27.7 Å². The summed E-state index contributed by atoms with van der Waals surface area (Å²) in [7, 11) is 0. The third-order valence-corrected chi connectivity index (χ3v) is 2.60. The molecule has 0 aromatic heterocycles. The Labute approximate surface area is 110 Å². The van der Waals surface area contributed by atoms with E-state index in [1.165, 1.54) is 0 Å². The average Bonchev–Trinajstić information content (AvgIpc) is 2.29. The van der Waals surface area contributed by atoms with Gasteiger partial charge < -0.3 is 0 Å². The number of carbonyl (C=O) groups excluding carboxylic acids is 2. The quantitative estimate of drug-likeness (QED) is 0.561. The first kappa shape index (κ1) is 16.9. The molecule has 0 unspecified atom stereocenters. The summed E-state index contributed by atoms with van der Waals surface area (Å²) >= 11 is 0. The van der Waals surface area contributed by atoms with E-state index in [4.69, 9.17) is 0 Å². The molecule has 0 amide bonds. The van der Waals surface area contributed by atoms with Crippen LogP contribution >= 0.6 is 0 Å². The first-order valence-electron chi connectivity index (χ1n) is 6.78. The number of rotatable bonds is 10. The molecule has 0 heterocycles. The van der Waals surface area contributed by atoms with Gasteiger partial charge >= 0.3 is 0 Å². The fourth-order valence-electron chi connectivity index (χ4n) is 1.32. The van der Waals surface area contributed by atoms with Gasteiger partial charge in [-0.3, -0.25) is 9.59 Å². The summed E-state index contributed by atoms with van der Waals surface area (Å²) in [5, 5.41) is 7.54. The summed E-state index contributed by atoms with van der Waals surface area (Å²) in [6.45, 7) is 8.57. The summed E-state index contributed by atoms with van der Waals surface area (Å²) in [4.78, 5) is 22.7. The van der Waals surface area contributed by atoms with E-state index in [2.05, 4.69) is 37.9 Å². The Bertz CT molecular complexity index is 256. The molecule has 0 aromatic carbocycles. The largest absolute Gasteiger partial charge is 0.298 e. The number of azo groups is 1. The fourth-order valence-corrected chi connectivity index (χ4v) is 1.32. The van der Waals surface area contributed by atoms with Crippen LogP contribution in [0.15, 0.2) is 10.2 Å². The Morgan fingerprint density at radius 1 is 0.778 bits per heavy atom. The molecule has 4 nitrogen and oxygen atoms in total. The highest BCUT2D eigenvalue weighted by atomic mass is 16.1. The Kier molecular flexibility index (Phi) is 9.33. The molecular weight excluding hydrogens is 228 g/mol. The molecule has 0 saturated heterocycles. The van der Waals surface area contributed by atoms with Crippen LogP contribution in [0.1, 0.15) is 53.4 Å². The van der Waals surface area contributed by atoms with Crippen LogP contribution in [0, 0.1) is 11.8 Å². The lowest BCUT2D eigenvalue weighted by atomic mass is 10.1. The SMILES string of the molecule is CC(C)CCC(=O)CN=NCC(=O)CCC(C)C. The lowest BCUT2D eigenvalue weighted by Crippen LogP contribution is -2.06. The molecule has 0 bridgehead atoms. The van der Waals surface area contributed by atoms with Crippen molar-refractivity contribution in [2.75, 3.05) is 13.1 Å². The van der Waals surface area contributed by atoms with Crippen LogP contribution in [0.25, 0.3) is 0 Å². The number of hydrogen-bond acceptors (Lipinski definition) is 4. The van der Waals surface area contributed by atoms with E-state index < -0.39 is 0 Å². The van der Waals surface area contributed by atoms with Crippen molar-refractivity contribution in [3.63, 3.8) is 0 Å². The Morgan fingerprint density at radius 2 is 1.11 bits per heavy atom. The molecule has 0 aromatic rings. The molecule has 0 aliphatic heterocycles. The van der Waals surface area contributed by atoms with Gasteiger partial charge in [0.05, 0.1) is 0 Å². The van der Waals surface area contributed by atoms with E-state index in [0.717, 1.165) is 12.8 Å². The minimum atomic E-state index is 0.0991. The van der Waals surface area contributed by atoms with Crippen molar-refractivity contribution in [2.45, 2.75) is 53.4 Å². The molecular formula is C14H26N2O2. The van der Waals surface area contributed by atoms with Crippen LogP contribution in [0.2, 0.25) is 0 Å².